The van der Waals surface area contributed by atoms with Crippen molar-refractivity contribution in [2.75, 3.05) is 0 Å². The largest absolute Gasteiger partial charge is 0.350 e. The Balaban J connectivity index is 2.03. The zero-order valence-electron chi connectivity index (χ0n) is 13.7. The fourth-order valence-corrected chi connectivity index (χ4v) is 2.02. The number of carbonyl (C=O) groups excluding carboxylic acids is 2. The Morgan fingerprint density at radius 2 is 1.83 bits per heavy atom. The number of halogens is 1. The van der Waals surface area contributed by atoms with Crippen LogP contribution < -0.4 is 10.6 Å². The summed E-state index contributed by atoms with van der Waals surface area (Å²) in [7, 11) is 0. The standard InChI is InChI=1S/C18H20FN3O2/c1-3-12(2)22-18(24)15-8-14(9-20-10-15)17(23)21-11-13-6-4-5-7-16(13)19/h4-10,12H,3,11H2,1-2H3,(H,21,23)(H,22,24). The van der Waals surface area contributed by atoms with Crippen molar-refractivity contribution in [3.05, 3.63) is 65.2 Å². The molecule has 0 radical (unpaired) electrons. The van der Waals surface area contributed by atoms with E-state index in [1.165, 1.54) is 24.5 Å². The molecule has 2 amide bonds. The molecular weight excluding hydrogens is 309 g/mol. The van der Waals surface area contributed by atoms with Crippen LogP contribution in [0.5, 0.6) is 0 Å². The van der Waals surface area contributed by atoms with E-state index in [2.05, 4.69) is 15.6 Å². The van der Waals surface area contributed by atoms with Gasteiger partial charge in [-0.1, -0.05) is 25.1 Å². The molecule has 0 aliphatic heterocycles. The zero-order valence-corrected chi connectivity index (χ0v) is 13.7. The highest BCUT2D eigenvalue weighted by atomic mass is 19.1. The number of rotatable bonds is 6. The van der Waals surface area contributed by atoms with Gasteiger partial charge in [0.25, 0.3) is 11.8 Å². The maximum Gasteiger partial charge on any atom is 0.253 e. The summed E-state index contributed by atoms with van der Waals surface area (Å²) in [6.07, 6.45) is 3.59. The molecule has 0 spiro atoms. The van der Waals surface area contributed by atoms with Gasteiger partial charge in [0.1, 0.15) is 5.82 Å². The van der Waals surface area contributed by atoms with Gasteiger partial charge in [0.2, 0.25) is 0 Å². The van der Waals surface area contributed by atoms with E-state index in [9.17, 15) is 14.0 Å². The maximum absolute atomic E-state index is 13.6. The summed E-state index contributed by atoms with van der Waals surface area (Å²) in [5.74, 6) is -1.07. The molecule has 1 heterocycles. The van der Waals surface area contributed by atoms with Gasteiger partial charge in [-0.3, -0.25) is 14.6 Å². The number of benzene rings is 1. The summed E-state index contributed by atoms with van der Waals surface area (Å²) in [4.78, 5) is 28.2. The number of hydrogen-bond donors (Lipinski definition) is 2. The van der Waals surface area contributed by atoms with Gasteiger partial charge in [-0.05, 0) is 25.5 Å². The Morgan fingerprint density at radius 1 is 1.17 bits per heavy atom. The molecule has 1 atom stereocenters. The third kappa shape index (κ3) is 4.62. The second-order valence-electron chi connectivity index (χ2n) is 5.52. The minimum absolute atomic E-state index is 0.0380. The van der Waals surface area contributed by atoms with Crippen LogP contribution in [0, 0.1) is 5.82 Å². The predicted molar refractivity (Wildman–Crippen MR) is 89.0 cm³/mol. The van der Waals surface area contributed by atoms with Crippen LogP contribution in [0.2, 0.25) is 0 Å². The molecule has 2 rings (SSSR count). The lowest BCUT2D eigenvalue weighted by molar-refractivity contribution is 0.0939. The second kappa shape index (κ2) is 8.19. The molecule has 0 bridgehead atoms. The van der Waals surface area contributed by atoms with Gasteiger partial charge >= 0.3 is 0 Å². The van der Waals surface area contributed by atoms with Gasteiger partial charge in [-0.2, -0.15) is 0 Å². The molecule has 1 aromatic heterocycles. The van der Waals surface area contributed by atoms with E-state index < -0.39 is 5.91 Å². The van der Waals surface area contributed by atoms with Crippen molar-refractivity contribution < 1.29 is 14.0 Å². The Morgan fingerprint density at radius 3 is 2.50 bits per heavy atom. The summed E-state index contributed by atoms with van der Waals surface area (Å²) < 4.78 is 13.6. The second-order valence-corrected chi connectivity index (χ2v) is 5.52. The first-order valence-electron chi connectivity index (χ1n) is 7.78. The smallest absolute Gasteiger partial charge is 0.253 e. The number of nitrogens with zero attached hydrogens (tertiary/aromatic N) is 1. The molecule has 0 fully saturated rings. The Labute approximate surface area is 140 Å². The highest BCUT2D eigenvalue weighted by molar-refractivity contribution is 5.99. The minimum Gasteiger partial charge on any atom is -0.350 e. The Bertz CT molecular complexity index is 734. The van der Waals surface area contributed by atoms with Crippen molar-refractivity contribution in [3.63, 3.8) is 0 Å². The third-order valence-electron chi connectivity index (χ3n) is 3.65. The van der Waals surface area contributed by atoms with Crippen LogP contribution in [0.15, 0.2) is 42.7 Å². The lowest BCUT2D eigenvalue weighted by atomic mass is 10.1. The monoisotopic (exact) mass is 329 g/mol. The molecule has 0 aliphatic rings. The van der Waals surface area contributed by atoms with Crippen molar-refractivity contribution in [3.8, 4) is 0 Å². The number of pyridine rings is 1. The Hall–Kier alpha value is -2.76. The molecule has 1 unspecified atom stereocenters. The van der Waals surface area contributed by atoms with Crippen LogP contribution in [0.25, 0.3) is 0 Å². The van der Waals surface area contributed by atoms with E-state index in [1.54, 1.807) is 18.2 Å². The lowest BCUT2D eigenvalue weighted by Gasteiger charge is -2.11. The van der Waals surface area contributed by atoms with Crippen LogP contribution in [0.3, 0.4) is 0 Å². The van der Waals surface area contributed by atoms with Crippen molar-refractivity contribution in [2.24, 2.45) is 0 Å². The van der Waals surface area contributed by atoms with Crippen LogP contribution >= 0.6 is 0 Å². The number of hydrogen-bond acceptors (Lipinski definition) is 3. The molecule has 24 heavy (non-hydrogen) atoms. The predicted octanol–water partition coefficient (Wildman–Crippen LogP) is 2.68. The number of aromatic nitrogens is 1. The van der Waals surface area contributed by atoms with Crippen LogP contribution in [0.1, 0.15) is 46.5 Å². The van der Waals surface area contributed by atoms with Gasteiger partial charge in [-0.15, -0.1) is 0 Å². The summed E-state index contributed by atoms with van der Waals surface area (Å²) >= 11 is 0. The molecule has 6 heteroatoms. The molecule has 2 N–H and O–H groups in total. The molecule has 0 saturated heterocycles. The van der Waals surface area contributed by atoms with E-state index in [4.69, 9.17) is 0 Å². The first kappa shape index (κ1) is 17.6. The maximum atomic E-state index is 13.6. The van der Waals surface area contributed by atoms with E-state index in [0.29, 0.717) is 11.1 Å². The normalized spacial score (nSPS) is 11.6. The van der Waals surface area contributed by atoms with Crippen LogP contribution in [-0.2, 0) is 6.54 Å². The van der Waals surface area contributed by atoms with E-state index in [-0.39, 0.29) is 29.9 Å². The van der Waals surface area contributed by atoms with Crippen LogP contribution in [0.4, 0.5) is 4.39 Å². The SMILES string of the molecule is CCC(C)NC(=O)c1cncc(C(=O)NCc2ccccc2F)c1. The quantitative estimate of drug-likeness (QED) is 0.856. The average Bonchev–Trinajstić information content (AvgIpc) is 2.60. The van der Waals surface area contributed by atoms with Crippen LogP contribution in [-0.4, -0.2) is 22.8 Å². The number of nitrogens with one attached hydrogen (secondary N) is 2. The fourth-order valence-electron chi connectivity index (χ4n) is 2.02. The molecule has 5 nitrogen and oxygen atoms in total. The van der Waals surface area contributed by atoms with Gasteiger partial charge < -0.3 is 10.6 Å². The summed E-state index contributed by atoms with van der Waals surface area (Å²) in [5.41, 5.74) is 0.960. The van der Waals surface area contributed by atoms with Gasteiger partial charge in [0.15, 0.2) is 0 Å². The first-order valence-corrected chi connectivity index (χ1v) is 7.78. The van der Waals surface area contributed by atoms with Crippen molar-refractivity contribution >= 4 is 11.8 Å². The average molecular weight is 329 g/mol. The van der Waals surface area contributed by atoms with E-state index in [0.717, 1.165) is 6.42 Å². The van der Waals surface area contributed by atoms with Crippen molar-refractivity contribution in [1.82, 2.24) is 15.6 Å². The summed E-state index contributed by atoms with van der Waals surface area (Å²) in [6.45, 7) is 3.93. The molecule has 126 valence electrons. The summed E-state index contributed by atoms with van der Waals surface area (Å²) in [5, 5.41) is 5.44. The third-order valence-corrected chi connectivity index (χ3v) is 3.65. The van der Waals surface area contributed by atoms with Gasteiger partial charge in [0, 0.05) is 30.5 Å². The molecule has 0 aliphatic carbocycles. The van der Waals surface area contributed by atoms with Crippen molar-refractivity contribution in [1.29, 1.82) is 0 Å². The van der Waals surface area contributed by atoms with Crippen molar-refractivity contribution in [2.45, 2.75) is 32.9 Å². The topological polar surface area (TPSA) is 71.1 Å². The highest BCUT2D eigenvalue weighted by Gasteiger charge is 2.13. The molecule has 0 saturated carbocycles. The highest BCUT2D eigenvalue weighted by Crippen LogP contribution is 2.07. The molecule has 2 aromatic rings. The fraction of sp³-hybridized carbons (Fsp3) is 0.278. The van der Waals surface area contributed by atoms with Gasteiger partial charge in [-0.25, -0.2) is 4.39 Å². The summed E-state index contributed by atoms with van der Waals surface area (Å²) in [6, 6.07) is 7.74. The lowest BCUT2D eigenvalue weighted by Crippen LogP contribution is -2.32. The zero-order chi connectivity index (χ0) is 17.5. The van der Waals surface area contributed by atoms with E-state index in [1.807, 2.05) is 13.8 Å². The molecular formula is C18H20FN3O2. The first-order chi connectivity index (χ1) is 11.5. The number of carbonyl (C=O) groups is 2. The number of amides is 2. The molecule has 1 aromatic carbocycles. The Kier molecular flexibility index (Phi) is 6.01. The van der Waals surface area contributed by atoms with Gasteiger partial charge in [0.05, 0.1) is 11.1 Å². The minimum atomic E-state index is -0.413. The van der Waals surface area contributed by atoms with E-state index >= 15 is 0 Å².